The van der Waals surface area contributed by atoms with Crippen molar-refractivity contribution in [1.29, 1.82) is 0 Å². The quantitative estimate of drug-likeness (QED) is 0.424. The number of esters is 1. The van der Waals surface area contributed by atoms with Gasteiger partial charge in [-0.1, -0.05) is 42.2 Å². The zero-order chi connectivity index (χ0) is 16.8. The first kappa shape index (κ1) is 20.5. The first-order valence-electron chi connectivity index (χ1n) is 7.10. The summed E-state index contributed by atoms with van der Waals surface area (Å²) in [7, 11) is 1.58. The average Bonchev–Trinajstić information content (AvgIpc) is 2.80. The van der Waals surface area contributed by atoms with Crippen molar-refractivity contribution in [1.82, 2.24) is 4.90 Å². The molecule has 0 saturated carbocycles. The van der Waals surface area contributed by atoms with Gasteiger partial charge in [0.15, 0.2) is 0 Å². The van der Waals surface area contributed by atoms with Crippen molar-refractivity contribution in [3.05, 3.63) is 34.7 Å². The average molecular weight is 388 g/mol. The lowest BCUT2D eigenvalue weighted by molar-refractivity contribution is -0.143. The topological polar surface area (TPSA) is 55.8 Å². The number of ether oxygens (including phenoxy) is 2. The zero-order valence-corrected chi connectivity index (χ0v) is 15.8. The Labute approximate surface area is 156 Å². The molecular formula is C16H18ClNO4S2. The Morgan fingerprint density at radius 1 is 1.38 bits per heavy atom. The standard InChI is InChI=1S/C16H17NO4S2.ClH/c1-3-21-14(18)8-9-17-15(19)13(23-16(17)22)10-11-6-4-5-7-12(11)20-2;/h4-7,10H,3,8-9H2,1-2H3;1H/b13-10-;. The monoisotopic (exact) mass is 387 g/mol. The molecule has 0 atom stereocenters. The van der Waals surface area contributed by atoms with Gasteiger partial charge in [-0.25, -0.2) is 0 Å². The molecule has 8 heteroatoms. The lowest BCUT2D eigenvalue weighted by Crippen LogP contribution is -2.30. The molecule has 2 rings (SSSR count). The number of amides is 1. The molecule has 130 valence electrons. The zero-order valence-electron chi connectivity index (χ0n) is 13.3. The van der Waals surface area contributed by atoms with Crippen molar-refractivity contribution < 1.29 is 19.1 Å². The third-order valence-electron chi connectivity index (χ3n) is 3.14. The van der Waals surface area contributed by atoms with Crippen LogP contribution < -0.4 is 4.74 Å². The summed E-state index contributed by atoms with van der Waals surface area (Å²) in [6.07, 6.45) is 1.88. The molecule has 5 nitrogen and oxygen atoms in total. The summed E-state index contributed by atoms with van der Waals surface area (Å²) in [6, 6.07) is 7.42. The van der Waals surface area contributed by atoms with Crippen molar-refractivity contribution >= 4 is 58.7 Å². The number of thioether (sulfide) groups is 1. The summed E-state index contributed by atoms with van der Waals surface area (Å²) in [5, 5.41) is 0. The molecule has 0 bridgehead atoms. The van der Waals surface area contributed by atoms with Crippen LogP contribution in [0.5, 0.6) is 5.75 Å². The SMILES string of the molecule is CCOC(=O)CCN1C(=O)/C(=C/c2ccccc2OC)SC1=S.Cl. The molecule has 0 aliphatic carbocycles. The smallest absolute Gasteiger partial charge is 0.307 e. The lowest BCUT2D eigenvalue weighted by Gasteiger charge is -2.13. The number of benzene rings is 1. The van der Waals surface area contributed by atoms with E-state index in [2.05, 4.69) is 0 Å². The molecule has 0 radical (unpaired) electrons. The van der Waals surface area contributed by atoms with Crippen LogP contribution in [-0.2, 0) is 14.3 Å². The van der Waals surface area contributed by atoms with Gasteiger partial charge in [-0.05, 0) is 19.1 Å². The number of rotatable bonds is 6. The molecule has 1 fully saturated rings. The summed E-state index contributed by atoms with van der Waals surface area (Å²) >= 11 is 6.45. The van der Waals surface area contributed by atoms with Crippen LogP contribution in [0, 0.1) is 0 Å². The largest absolute Gasteiger partial charge is 0.496 e. The van der Waals surface area contributed by atoms with E-state index in [9.17, 15) is 9.59 Å². The summed E-state index contributed by atoms with van der Waals surface area (Å²) in [6.45, 7) is 2.30. The van der Waals surface area contributed by atoms with E-state index in [0.717, 1.165) is 5.56 Å². The molecule has 1 heterocycles. The van der Waals surface area contributed by atoms with E-state index in [1.165, 1.54) is 16.7 Å². The van der Waals surface area contributed by atoms with Crippen LogP contribution in [-0.4, -0.2) is 41.4 Å². The highest BCUT2D eigenvalue weighted by Gasteiger charge is 2.32. The van der Waals surface area contributed by atoms with E-state index < -0.39 is 0 Å². The van der Waals surface area contributed by atoms with Crippen LogP contribution in [0.3, 0.4) is 0 Å². The van der Waals surface area contributed by atoms with Gasteiger partial charge in [-0.3, -0.25) is 14.5 Å². The van der Waals surface area contributed by atoms with Gasteiger partial charge in [0.05, 0.1) is 25.0 Å². The number of hydrogen-bond acceptors (Lipinski definition) is 6. The lowest BCUT2D eigenvalue weighted by atomic mass is 10.2. The van der Waals surface area contributed by atoms with Gasteiger partial charge in [0, 0.05) is 12.1 Å². The van der Waals surface area contributed by atoms with E-state index >= 15 is 0 Å². The fourth-order valence-electron chi connectivity index (χ4n) is 2.06. The van der Waals surface area contributed by atoms with Gasteiger partial charge >= 0.3 is 5.97 Å². The highest BCUT2D eigenvalue weighted by Crippen LogP contribution is 2.34. The minimum Gasteiger partial charge on any atom is -0.496 e. The van der Waals surface area contributed by atoms with Gasteiger partial charge in [0.2, 0.25) is 0 Å². The number of carbonyl (C=O) groups excluding carboxylic acids is 2. The number of nitrogens with zero attached hydrogens (tertiary/aromatic N) is 1. The fraction of sp³-hybridized carbons (Fsp3) is 0.312. The van der Waals surface area contributed by atoms with Crippen molar-refractivity contribution in [2.75, 3.05) is 20.3 Å². The first-order chi connectivity index (χ1) is 11.1. The predicted molar refractivity (Wildman–Crippen MR) is 101 cm³/mol. The Morgan fingerprint density at radius 3 is 2.75 bits per heavy atom. The van der Waals surface area contributed by atoms with Crippen molar-refractivity contribution in [2.24, 2.45) is 0 Å². The molecule has 24 heavy (non-hydrogen) atoms. The van der Waals surface area contributed by atoms with Gasteiger partial charge < -0.3 is 9.47 Å². The Morgan fingerprint density at radius 2 is 2.08 bits per heavy atom. The van der Waals surface area contributed by atoms with Crippen molar-refractivity contribution in [3.8, 4) is 5.75 Å². The molecule has 1 aromatic rings. The molecular weight excluding hydrogens is 370 g/mol. The molecule has 0 aromatic heterocycles. The summed E-state index contributed by atoms with van der Waals surface area (Å²) in [4.78, 5) is 25.8. The number of para-hydroxylation sites is 1. The van der Waals surface area contributed by atoms with Crippen LogP contribution in [0.25, 0.3) is 6.08 Å². The molecule has 0 unspecified atom stereocenters. The summed E-state index contributed by atoms with van der Waals surface area (Å²) < 4.78 is 10.6. The Kier molecular flexibility index (Phi) is 8.24. The van der Waals surface area contributed by atoms with E-state index in [-0.39, 0.29) is 37.2 Å². The maximum absolute atomic E-state index is 12.4. The second-order valence-corrected chi connectivity index (χ2v) is 6.31. The summed E-state index contributed by atoms with van der Waals surface area (Å²) in [5.41, 5.74) is 0.806. The van der Waals surface area contributed by atoms with Crippen LogP contribution in [0.15, 0.2) is 29.2 Å². The van der Waals surface area contributed by atoms with E-state index in [0.29, 0.717) is 21.6 Å². The van der Waals surface area contributed by atoms with Gasteiger partial charge in [0.1, 0.15) is 10.1 Å². The normalized spacial score (nSPS) is 15.4. The second-order valence-electron chi connectivity index (χ2n) is 4.63. The maximum Gasteiger partial charge on any atom is 0.307 e. The highest BCUT2D eigenvalue weighted by molar-refractivity contribution is 8.26. The predicted octanol–water partition coefficient (Wildman–Crippen LogP) is 3.27. The van der Waals surface area contributed by atoms with Crippen molar-refractivity contribution in [3.63, 3.8) is 0 Å². The van der Waals surface area contributed by atoms with Gasteiger partial charge in [-0.15, -0.1) is 12.4 Å². The minimum atomic E-state index is -0.338. The first-order valence-corrected chi connectivity index (χ1v) is 8.33. The van der Waals surface area contributed by atoms with Crippen LogP contribution in [0.4, 0.5) is 0 Å². The van der Waals surface area contributed by atoms with Gasteiger partial charge in [0.25, 0.3) is 5.91 Å². The van der Waals surface area contributed by atoms with Gasteiger partial charge in [-0.2, -0.15) is 0 Å². The minimum absolute atomic E-state index is 0. The molecule has 0 spiro atoms. The Bertz CT molecular complexity index is 663. The Hall–Kier alpha value is -1.57. The molecule has 1 aliphatic rings. The second kappa shape index (κ2) is 9.66. The molecule has 1 aliphatic heterocycles. The van der Waals surface area contributed by atoms with Crippen LogP contribution in [0.1, 0.15) is 18.9 Å². The third-order valence-corrected chi connectivity index (χ3v) is 4.52. The number of halogens is 1. The molecule has 0 N–H and O–H groups in total. The van der Waals surface area contributed by atoms with Crippen LogP contribution >= 0.6 is 36.4 Å². The third kappa shape index (κ3) is 4.96. The number of thiocarbonyl (C=S) groups is 1. The van der Waals surface area contributed by atoms with E-state index in [1.807, 2.05) is 24.3 Å². The maximum atomic E-state index is 12.4. The number of carbonyl (C=O) groups is 2. The fourth-order valence-corrected chi connectivity index (χ4v) is 3.36. The molecule has 1 saturated heterocycles. The van der Waals surface area contributed by atoms with Crippen molar-refractivity contribution in [2.45, 2.75) is 13.3 Å². The van der Waals surface area contributed by atoms with Crippen LogP contribution in [0.2, 0.25) is 0 Å². The molecule has 1 aromatic carbocycles. The van der Waals surface area contributed by atoms with E-state index in [1.54, 1.807) is 20.1 Å². The summed E-state index contributed by atoms with van der Waals surface area (Å²) in [5.74, 6) is 0.148. The highest BCUT2D eigenvalue weighted by atomic mass is 35.5. The molecule has 1 amide bonds. The number of hydrogen-bond donors (Lipinski definition) is 0. The Balaban J connectivity index is 0.00000288. The van der Waals surface area contributed by atoms with E-state index in [4.69, 9.17) is 21.7 Å². The number of methoxy groups -OCH3 is 1.